The molecule has 1 aliphatic rings. The van der Waals surface area contributed by atoms with Crippen molar-refractivity contribution in [1.82, 2.24) is 0 Å². The first-order valence-electron chi connectivity index (χ1n) is 6.18. The highest BCUT2D eigenvalue weighted by molar-refractivity contribution is 5.85. The van der Waals surface area contributed by atoms with Crippen LogP contribution < -0.4 is 20.9 Å². The van der Waals surface area contributed by atoms with Crippen LogP contribution in [0, 0.1) is 0 Å². The van der Waals surface area contributed by atoms with Crippen LogP contribution in [0.1, 0.15) is 25.0 Å². The van der Waals surface area contributed by atoms with Crippen LogP contribution in [0.4, 0.5) is 0 Å². The van der Waals surface area contributed by atoms with E-state index in [1.165, 1.54) is 0 Å². The number of nitrogens with zero attached hydrogens (tertiary/aromatic N) is 2. The number of nitrogens with two attached hydrogens (primary N) is 2. The zero-order chi connectivity index (χ0) is 13.8. The molecule has 0 radical (unpaired) electrons. The Morgan fingerprint density at radius 3 is 3.00 bits per heavy atom. The largest absolute Gasteiger partial charge is 0.493 e. The van der Waals surface area contributed by atoms with Gasteiger partial charge in [-0.2, -0.15) is 5.10 Å². The maximum absolute atomic E-state index is 5.71. The predicted molar refractivity (Wildman–Crippen MR) is 74.8 cm³/mol. The third-order valence-corrected chi connectivity index (χ3v) is 2.70. The molecule has 1 heterocycles. The van der Waals surface area contributed by atoms with E-state index < -0.39 is 0 Å². The van der Waals surface area contributed by atoms with E-state index in [0.29, 0.717) is 6.61 Å². The number of fused-ring (bicyclic) bond motifs is 1. The zero-order valence-corrected chi connectivity index (χ0v) is 11.1. The van der Waals surface area contributed by atoms with Crippen molar-refractivity contribution in [3.05, 3.63) is 23.3 Å². The summed E-state index contributed by atoms with van der Waals surface area (Å²) in [6, 6.07) is 3.88. The number of benzene rings is 1. The van der Waals surface area contributed by atoms with Crippen LogP contribution >= 0.6 is 0 Å². The Morgan fingerprint density at radius 2 is 2.32 bits per heavy atom. The van der Waals surface area contributed by atoms with Gasteiger partial charge in [-0.3, -0.25) is 0 Å². The van der Waals surface area contributed by atoms with Crippen LogP contribution in [0.3, 0.4) is 0 Å². The average Bonchev–Trinajstić information content (AvgIpc) is 2.68. The third-order valence-electron chi connectivity index (χ3n) is 2.70. The van der Waals surface area contributed by atoms with E-state index >= 15 is 0 Å². The van der Waals surface area contributed by atoms with Gasteiger partial charge in [0.15, 0.2) is 0 Å². The Morgan fingerprint density at radius 1 is 1.53 bits per heavy atom. The molecule has 6 heteroatoms. The first kappa shape index (κ1) is 13.2. The minimum atomic E-state index is -0.0831. The van der Waals surface area contributed by atoms with Crippen LogP contribution in [-0.4, -0.2) is 24.9 Å². The van der Waals surface area contributed by atoms with E-state index in [2.05, 4.69) is 10.2 Å². The number of ether oxygens (including phenoxy) is 2. The molecule has 4 N–H and O–H groups in total. The molecular weight excluding hydrogens is 244 g/mol. The van der Waals surface area contributed by atoms with Crippen LogP contribution in [0.25, 0.3) is 0 Å². The molecule has 1 aromatic rings. The summed E-state index contributed by atoms with van der Waals surface area (Å²) in [5, 5.41) is 7.38. The van der Waals surface area contributed by atoms with Crippen molar-refractivity contribution in [2.75, 3.05) is 6.61 Å². The van der Waals surface area contributed by atoms with Crippen molar-refractivity contribution in [2.24, 2.45) is 21.7 Å². The Labute approximate surface area is 112 Å². The Balaban J connectivity index is 2.33. The lowest BCUT2D eigenvalue weighted by molar-refractivity contribution is 0.254. The van der Waals surface area contributed by atoms with E-state index in [4.69, 9.17) is 20.9 Å². The quantitative estimate of drug-likeness (QED) is 0.481. The molecule has 102 valence electrons. The van der Waals surface area contributed by atoms with Crippen LogP contribution in [0.5, 0.6) is 11.5 Å². The van der Waals surface area contributed by atoms with E-state index in [0.717, 1.165) is 29.0 Å². The smallest absolute Gasteiger partial charge is 0.211 e. The first-order valence-corrected chi connectivity index (χ1v) is 6.18. The van der Waals surface area contributed by atoms with Gasteiger partial charge >= 0.3 is 0 Å². The number of hydrogen-bond donors (Lipinski definition) is 2. The molecule has 1 atom stereocenters. The van der Waals surface area contributed by atoms with E-state index in [-0.39, 0.29) is 12.1 Å². The van der Waals surface area contributed by atoms with Gasteiger partial charge in [0.25, 0.3) is 0 Å². The molecule has 1 aliphatic heterocycles. The van der Waals surface area contributed by atoms with E-state index in [9.17, 15) is 0 Å². The summed E-state index contributed by atoms with van der Waals surface area (Å²) in [4.78, 5) is 0. The van der Waals surface area contributed by atoms with Gasteiger partial charge in [0.05, 0.1) is 12.8 Å². The normalized spacial score (nSPS) is 17.1. The summed E-state index contributed by atoms with van der Waals surface area (Å²) in [5.41, 5.74) is 12.4. The van der Waals surface area contributed by atoms with E-state index in [1.807, 2.05) is 26.0 Å². The zero-order valence-electron chi connectivity index (χ0n) is 11.1. The van der Waals surface area contributed by atoms with E-state index in [1.54, 1.807) is 6.21 Å². The first-order chi connectivity index (χ1) is 9.10. The Kier molecular flexibility index (Phi) is 3.89. The fourth-order valence-electron chi connectivity index (χ4n) is 1.99. The summed E-state index contributed by atoms with van der Waals surface area (Å²) >= 11 is 0. The molecule has 1 aromatic carbocycles. The molecule has 0 aromatic heterocycles. The van der Waals surface area contributed by atoms with Crippen molar-refractivity contribution >= 4 is 12.2 Å². The molecule has 0 aliphatic carbocycles. The maximum Gasteiger partial charge on any atom is 0.211 e. The average molecular weight is 262 g/mol. The summed E-state index contributed by atoms with van der Waals surface area (Å²) in [5.74, 6) is 1.54. The molecule has 0 spiro atoms. The van der Waals surface area contributed by atoms with Gasteiger partial charge in [0.2, 0.25) is 5.96 Å². The minimum absolute atomic E-state index is 0.0831. The highest BCUT2D eigenvalue weighted by Gasteiger charge is 2.21. The van der Waals surface area contributed by atoms with Crippen LogP contribution in [-0.2, 0) is 6.42 Å². The Bertz CT molecular complexity index is 522. The lowest BCUT2D eigenvalue weighted by Crippen LogP contribution is -2.21. The van der Waals surface area contributed by atoms with Crippen molar-refractivity contribution in [3.8, 4) is 11.5 Å². The van der Waals surface area contributed by atoms with Gasteiger partial charge in [-0.1, -0.05) is 0 Å². The predicted octanol–water partition coefficient (Wildman–Crippen LogP) is 1.02. The SMILES string of the molecule is CCOc1cc2c(cc1/C=N/N=C(N)N)OC(C)C2. The molecule has 19 heavy (non-hydrogen) atoms. The maximum atomic E-state index is 5.71. The molecule has 0 fully saturated rings. The second-order valence-corrected chi connectivity index (χ2v) is 4.33. The highest BCUT2D eigenvalue weighted by Crippen LogP contribution is 2.34. The molecule has 0 amide bonds. The van der Waals surface area contributed by atoms with Crippen LogP contribution in [0.15, 0.2) is 22.3 Å². The standard InChI is InChI=1S/C13H18N4O2/c1-3-18-11-5-9-4-8(2)19-12(9)6-10(11)7-16-17-13(14)15/h5-8H,3-4H2,1-2H3,(H4,14,15,17)/b16-7+. The van der Waals surface area contributed by atoms with Crippen molar-refractivity contribution in [3.63, 3.8) is 0 Å². The second kappa shape index (κ2) is 5.60. The monoisotopic (exact) mass is 262 g/mol. The lowest BCUT2D eigenvalue weighted by Gasteiger charge is -2.09. The third kappa shape index (κ3) is 3.15. The number of hydrogen-bond acceptors (Lipinski definition) is 4. The summed E-state index contributed by atoms with van der Waals surface area (Å²) in [6.45, 7) is 4.55. The van der Waals surface area contributed by atoms with Gasteiger partial charge < -0.3 is 20.9 Å². The summed E-state index contributed by atoms with van der Waals surface area (Å²) in [7, 11) is 0. The van der Waals surface area contributed by atoms with Gasteiger partial charge in [-0.25, -0.2) is 0 Å². The lowest BCUT2D eigenvalue weighted by atomic mass is 10.1. The van der Waals surface area contributed by atoms with Crippen molar-refractivity contribution in [2.45, 2.75) is 26.4 Å². The molecule has 0 saturated heterocycles. The molecule has 2 rings (SSSR count). The van der Waals surface area contributed by atoms with Gasteiger partial charge in [-0.15, -0.1) is 5.10 Å². The second-order valence-electron chi connectivity index (χ2n) is 4.33. The van der Waals surface area contributed by atoms with Gasteiger partial charge in [0, 0.05) is 17.5 Å². The van der Waals surface area contributed by atoms with Crippen molar-refractivity contribution < 1.29 is 9.47 Å². The molecule has 0 saturated carbocycles. The van der Waals surface area contributed by atoms with Crippen LogP contribution in [0.2, 0.25) is 0 Å². The van der Waals surface area contributed by atoms with Gasteiger partial charge in [-0.05, 0) is 26.0 Å². The Hall–Kier alpha value is -2.24. The topological polar surface area (TPSA) is 95.2 Å². The summed E-state index contributed by atoms with van der Waals surface area (Å²) < 4.78 is 11.3. The fourth-order valence-corrected chi connectivity index (χ4v) is 1.99. The molecular formula is C13H18N4O2. The number of rotatable bonds is 4. The molecule has 0 bridgehead atoms. The summed E-state index contributed by atoms with van der Waals surface area (Å²) in [6.07, 6.45) is 2.63. The fraction of sp³-hybridized carbons (Fsp3) is 0.385. The number of guanidine groups is 1. The highest BCUT2D eigenvalue weighted by atomic mass is 16.5. The van der Waals surface area contributed by atoms with Crippen molar-refractivity contribution in [1.29, 1.82) is 0 Å². The minimum Gasteiger partial charge on any atom is -0.493 e. The van der Waals surface area contributed by atoms with Gasteiger partial charge in [0.1, 0.15) is 17.6 Å². The molecule has 6 nitrogen and oxygen atoms in total. The molecule has 1 unspecified atom stereocenters.